The molecule has 0 saturated carbocycles. The van der Waals surface area contributed by atoms with Crippen LogP contribution >= 0.6 is 24.0 Å². The zero-order chi connectivity index (χ0) is 21.3. The van der Waals surface area contributed by atoms with Gasteiger partial charge in [0.05, 0.1) is 20.4 Å². The number of aromatic nitrogens is 2. The first-order valence-electron chi connectivity index (χ1n) is 10.6. The van der Waals surface area contributed by atoms with Gasteiger partial charge in [0.1, 0.15) is 11.5 Å². The Morgan fingerprint density at radius 2 is 1.94 bits per heavy atom. The van der Waals surface area contributed by atoms with Gasteiger partial charge in [0.2, 0.25) is 0 Å². The Morgan fingerprint density at radius 1 is 1.16 bits per heavy atom. The normalized spacial score (nSPS) is 14.8. The van der Waals surface area contributed by atoms with Crippen LogP contribution in [0, 0.1) is 0 Å². The molecule has 0 spiro atoms. The average molecular weight is 542 g/mol. The number of halogens is 1. The van der Waals surface area contributed by atoms with E-state index < -0.39 is 0 Å². The summed E-state index contributed by atoms with van der Waals surface area (Å²) >= 11 is 0. The number of rotatable bonds is 8. The highest BCUT2D eigenvalue weighted by Crippen LogP contribution is 2.25. The van der Waals surface area contributed by atoms with Crippen molar-refractivity contribution in [1.29, 1.82) is 0 Å². The van der Waals surface area contributed by atoms with Crippen LogP contribution in [-0.2, 0) is 20.0 Å². The number of guanidine groups is 1. The molecular weight excluding hydrogens is 507 g/mol. The summed E-state index contributed by atoms with van der Waals surface area (Å²) in [5.74, 6) is 2.77. The monoisotopic (exact) mass is 542 g/mol. The molecule has 0 atom stereocenters. The summed E-state index contributed by atoms with van der Waals surface area (Å²) in [6.07, 6.45) is 4.86. The number of hydrogen-bond acceptors (Lipinski definition) is 5. The standard InChI is InChI=1S/C22H34N6O2.HI/c1-5-23-22(24-9-8-18-15-25-26(2)16-18)28-12-10-27(11-13-28)17-19-14-20(29-3)6-7-21(19)30-4;/h6-7,14-16H,5,8-13,17H2,1-4H3,(H,23,24);1H. The Morgan fingerprint density at radius 3 is 2.55 bits per heavy atom. The van der Waals surface area contributed by atoms with Gasteiger partial charge in [-0.05, 0) is 37.1 Å². The van der Waals surface area contributed by atoms with Gasteiger partial charge in [-0.25, -0.2) is 0 Å². The number of piperazine rings is 1. The van der Waals surface area contributed by atoms with Crippen LogP contribution in [0.25, 0.3) is 0 Å². The third-order valence-electron chi connectivity index (χ3n) is 5.31. The van der Waals surface area contributed by atoms with Gasteiger partial charge in [-0.15, -0.1) is 24.0 Å². The summed E-state index contributed by atoms with van der Waals surface area (Å²) in [5.41, 5.74) is 2.37. The third-order valence-corrected chi connectivity index (χ3v) is 5.31. The molecule has 0 unspecified atom stereocenters. The van der Waals surface area contributed by atoms with Crippen molar-refractivity contribution in [1.82, 2.24) is 24.9 Å². The molecule has 1 aliphatic rings. The van der Waals surface area contributed by atoms with Crippen LogP contribution in [0.3, 0.4) is 0 Å². The fourth-order valence-electron chi connectivity index (χ4n) is 3.68. The number of nitrogens with one attached hydrogen (secondary N) is 1. The van der Waals surface area contributed by atoms with E-state index in [1.165, 1.54) is 5.56 Å². The number of ether oxygens (including phenoxy) is 2. The Labute approximate surface area is 202 Å². The van der Waals surface area contributed by atoms with Gasteiger partial charge in [0, 0.05) is 64.6 Å². The number of methoxy groups -OCH3 is 2. The largest absolute Gasteiger partial charge is 0.497 e. The first-order chi connectivity index (χ1) is 14.6. The molecule has 0 amide bonds. The molecule has 31 heavy (non-hydrogen) atoms. The second kappa shape index (κ2) is 12.7. The van der Waals surface area contributed by atoms with Crippen LogP contribution in [0.5, 0.6) is 11.5 Å². The van der Waals surface area contributed by atoms with Crippen molar-refractivity contribution in [2.24, 2.45) is 12.0 Å². The highest BCUT2D eigenvalue weighted by atomic mass is 127. The summed E-state index contributed by atoms with van der Waals surface area (Å²) < 4.78 is 12.7. The Kier molecular flexibility index (Phi) is 10.4. The predicted molar refractivity (Wildman–Crippen MR) is 135 cm³/mol. The second-order valence-electron chi connectivity index (χ2n) is 7.45. The summed E-state index contributed by atoms with van der Waals surface area (Å²) in [4.78, 5) is 9.64. The lowest BCUT2D eigenvalue weighted by molar-refractivity contribution is 0.171. The summed E-state index contributed by atoms with van der Waals surface area (Å²) in [7, 11) is 5.35. The van der Waals surface area contributed by atoms with Crippen molar-refractivity contribution in [3.8, 4) is 11.5 Å². The van der Waals surface area contributed by atoms with Crippen LogP contribution < -0.4 is 14.8 Å². The van der Waals surface area contributed by atoms with Crippen LogP contribution in [0.1, 0.15) is 18.1 Å². The zero-order valence-electron chi connectivity index (χ0n) is 19.0. The minimum Gasteiger partial charge on any atom is -0.497 e. The molecule has 2 heterocycles. The predicted octanol–water partition coefficient (Wildman–Crippen LogP) is 2.38. The SMILES string of the molecule is CCNC(=NCCc1cnn(C)c1)N1CCN(Cc2cc(OC)ccc2OC)CC1.I. The molecule has 172 valence electrons. The topological polar surface area (TPSA) is 67.2 Å². The number of nitrogens with zero attached hydrogens (tertiary/aromatic N) is 5. The van der Waals surface area contributed by atoms with E-state index in [0.29, 0.717) is 0 Å². The fourth-order valence-corrected chi connectivity index (χ4v) is 3.68. The van der Waals surface area contributed by atoms with Crippen molar-refractivity contribution >= 4 is 29.9 Å². The van der Waals surface area contributed by atoms with Crippen LogP contribution in [-0.4, -0.2) is 79.0 Å². The number of benzene rings is 1. The maximum atomic E-state index is 5.53. The van der Waals surface area contributed by atoms with Gasteiger partial charge in [-0.3, -0.25) is 14.6 Å². The number of aliphatic imine (C=N–C) groups is 1. The van der Waals surface area contributed by atoms with E-state index in [2.05, 4.69) is 33.2 Å². The van der Waals surface area contributed by atoms with Crippen molar-refractivity contribution in [3.05, 3.63) is 41.7 Å². The molecule has 0 bridgehead atoms. The highest BCUT2D eigenvalue weighted by Gasteiger charge is 2.20. The zero-order valence-corrected chi connectivity index (χ0v) is 21.3. The molecule has 3 rings (SSSR count). The quantitative estimate of drug-likeness (QED) is 0.314. The second-order valence-corrected chi connectivity index (χ2v) is 7.45. The lowest BCUT2D eigenvalue weighted by Crippen LogP contribution is -2.52. The number of aryl methyl sites for hydroxylation is 1. The van der Waals surface area contributed by atoms with Gasteiger partial charge in [0.25, 0.3) is 0 Å². The molecule has 1 fully saturated rings. The molecule has 2 aromatic rings. The minimum atomic E-state index is 0. The van der Waals surface area contributed by atoms with Crippen molar-refractivity contribution in [2.45, 2.75) is 19.9 Å². The lowest BCUT2D eigenvalue weighted by Gasteiger charge is -2.36. The average Bonchev–Trinajstić information content (AvgIpc) is 3.18. The summed E-state index contributed by atoms with van der Waals surface area (Å²) in [5, 5.41) is 7.67. The van der Waals surface area contributed by atoms with Gasteiger partial charge < -0.3 is 19.7 Å². The first kappa shape index (κ1) is 25.3. The molecule has 1 aliphatic heterocycles. The molecule has 0 aliphatic carbocycles. The molecule has 0 radical (unpaired) electrons. The molecule has 1 aromatic heterocycles. The van der Waals surface area contributed by atoms with Gasteiger partial charge in [0.15, 0.2) is 5.96 Å². The summed E-state index contributed by atoms with van der Waals surface area (Å²) in [6.45, 7) is 8.45. The Hall–Kier alpha value is -2.01. The maximum Gasteiger partial charge on any atom is 0.194 e. The molecule has 9 heteroatoms. The van der Waals surface area contributed by atoms with Crippen LogP contribution in [0.2, 0.25) is 0 Å². The van der Waals surface area contributed by atoms with E-state index in [0.717, 1.165) is 75.3 Å². The minimum absolute atomic E-state index is 0. The Balaban J connectivity index is 0.00000341. The van der Waals surface area contributed by atoms with E-state index in [1.54, 1.807) is 14.2 Å². The molecule has 1 N–H and O–H groups in total. The molecule has 1 aromatic carbocycles. The molecular formula is C22H35IN6O2. The van der Waals surface area contributed by atoms with Crippen LogP contribution in [0.4, 0.5) is 0 Å². The maximum absolute atomic E-state index is 5.53. The fraction of sp³-hybridized carbons (Fsp3) is 0.545. The van der Waals surface area contributed by atoms with Gasteiger partial charge in [-0.2, -0.15) is 5.10 Å². The van der Waals surface area contributed by atoms with E-state index in [1.807, 2.05) is 36.3 Å². The third kappa shape index (κ3) is 7.27. The van der Waals surface area contributed by atoms with Gasteiger partial charge >= 0.3 is 0 Å². The van der Waals surface area contributed by atoms with E-state index in [4.69, 9.17) is 14.5 Å². The molecule has 8 nitrogen and oxygen atoms in total. The van der Waals surface area contributed by atoms with Crippen molar-refractivity contribution in [3.63, 3.8) is 0 Å². The van der Waals surface area contributed by atoms with E-state index in [9.17, 15) is 0 Å². The van der Waals surface area contributed by atoms with Crippen molar-refractivity contribution < 1.29 is 9.47 Å². The Bertz CT molecular complexity index is 833. The van der Waals surface area contributed by atoms with E-state index in [-0.39, 0.29) is 24.0 Å². The highest BCUT2D eigenvalue weighted by molar-refractivity contribution is 14.0. The first-order valence-corrected chi connectivity index (χ1v) is 10.6. The van der Waals surface area contributed by atoms with E-state index >= 15 is 0 Å². The van der Waals surface area contributed by atoms with Crippen LogP contribution in [0.15, 0.2) is 35.6 Å². The molecule has 1 saturated heterocycles. The van der Waals surface area contributed by atoms with Gasteiger partial charge in [-0.1, -0.05) is 0 Å². The number of hydrogen-bond donors (Lipinski definition) is 1. The van der Waals surface area contributed by atoms with Crippen molar-refractivity contribution in [2.75, 3.05) is 53.5 Å². The summed E-state index contributed by atoms with van der Waals surface area (Å²) in [6, 6.07) is 5.97. The lowest BCUT2D eigenvalue weighted by atomic mass is 10.1. The smallest absolute Gasteiger partial charge is 0.194 e.